The molecule has 0 radical (unpaired) electrons. The number of likely N-dealkylation sites (N-methyl/N-ethyl adjacent to an activating group) is 2. The lowest BCUT2D eigenvalue weighted by molar-refractivity contribution is -0.284. The highest BCUT2D eigenvalue weighted by Gasteiger charge is 2.51. The topological polar surface area (TPSA) is 204 Å². The Morgan fingerprint density at radius 1 is 1.00 bits per heavy atom. The summed E-state index contributed by atoms with van der Waals surface area (Å²) in [5, 5.41) is 56.7. The number of nitrogens with zero attached hydrogens (tertiary/aromatic N) is 5. The minimum Gasteiger partial charge on any atom is -0.461 e. The minimum absolute atomic E-state index is 0.0550. The van der Waals surface area contributed by atoms with Crippen LogP contribution in [0.25, 0.3) is 11.0 Å². The highest BCUT2D eigenvalue weighted by molar-refractivity contribution is 14.1. The van der Waals surface area contributed by atoms with Crippen molar-refractivity contribution in [2.75, 3.05) is 40.9 Å². The number of carbonyl (C=O) groups excluding carboxylic acids is 1. The molecule has 4 N–H and O–H groups in total. The Hall–Kier alpha value is -2.34. The number of aryl methyl sites for hydroxylation is 1. The predicted octanol–water partition coefficient (Wildman–Crippen LogP) is 6.37. The number of esters is 1. The van der Waals surface area contributed by atoms with Crippen LogP contribution in [-0.2, 0) is 46.1 Å². The number of rotatable bonds is 14. The molecule has 17 nitrogen and oxygen atoms in total. The van der Waals surface area contributed by atoms with Crippen molar-refractivity contribution < 1.29 is 58.1 Å². The van der Waals surface area contributed by atoms with Gasteiger partial charge < -0.3 is 63.1 Å². The summed E-state index contributed by atoms with van der Waals surface area (Å²) >= 11 is 2.10. The van der Waals surface area contributed by atoms with Crippen molar-refractivity contribution in [3.05, 3.63) is 47.5 Å². The van der Waals surface area contributed by atoms with Crippen LogP contribution in [0.1, 0.15) is 124 Å². The molecule has 3 fully saturated rings. The highest BCUT2D eigenvalue weighted by Crippen LogP contribution is 2.42. The maximum Gasteiger partial charge on any atom is 0.311 e. The second-order valence-corrected chi connectivity index (χ2v) is 23.6. The van der Waals surface area contributed by atoms with Gasteiger partial charge in [-0.3, -0.25) is 4.79 Å². The molecule has 18 heteroatoms. The number of aliphatic hydroxyl groups is 4. The molecular formula is C52H84IN5O12. The summed E-state index contributed by atoms with van der Waals surface area (Å²) in [6.07, 6.45) is 0.0237. The summed E-state index contributed by atoms with van der Waals surface area (Å²) in [5.74, 6) is -1.44. The van der Waals surface area contributed by atoms with Gasteiger partial charge in [0.05, 0.1) is 48.2 Å². The standard InChI is InChI=1S/C52H84IN5O12/c1-14-43-51(10,62)47(60)36(8)57(12)27-30(2)24-52(53,63)48(34(6)46(35(7)49(61)68-43)69-45-26-50(9,64-13)25-33(5)67-45)70-44-23-40(20-32(4)66-44)56(11)18-17-39-28-58(55-54-39)41(29-59)22-37-15-16-42-38(21-37)19-31(3)65-42/h15-16,19,21,28,30,32-36,40-41,43-48,59-60,62-63H,14,17-18,20,22-27,29H2,1-13H3/t30-,32-,33+,34+,35-,36-,40+,41+,43-,44+,45+,46+,47-,48-,50+,51-,52-/m1/s1. The Bertz CT molecular complexity index is 2140. The first-order valence-electron chi connectivity index (χ1n) is 25.5. The molecule has 0 amide bonds. The Morgan fingerprint density at radius 3 is 2.40 bits per heavy atom. The zero-order valence-electron chi connectivity index (χ0n) is 43.9. The van der Waals surface area contributed by atoms with Gasteiger partial charge in [0.1, 0.15) is 38.9 Å². The molecule has 2 aromatic heterocycles. The number of aliphatic hydroxyl groups excluding tert-OH is 2. The van der Waals surface area contributed by atoms with Gasteiger partial charge in [-0.1, -0.05) is 32.1 Å². The first-order chi connectivity index (χ1) is 32.9. The summed E-state index contributed by atoms with van der Waals surface area (Å²) in [6.45, 7) is 19.9. The van der Waals surface area contributed by atoms with Crippen LogP contribution in [0.5, 0.6) is 0 Å². The third-order valence-corrected chi connectivity index (χ3v) is 16.5. The number of furan rings is 1. The zero-order chi connectivity index (χ0) is 51.5. The van der Waals surface area contributed by atoms with Crippen LogP contribution in [0.2, 0.25) is 0 Å². The van der Waals surface area contributed by atoms with Gasteiger partial charge in [-0.15, -0.1) is 5.10 Å². The van der Waals surface area contributed by atoms with Crippen molar-refractivity contribution in [1.82, 2.24) is 24.8 Å². The van der Waals surface area contributed by atoms with Crippen molar-refractivity contribution in [3.63, 3.8) is 0 Å². The Balaban J connectivity index is 1.23. The smallest absolute Gasteiger partial charge is 0.311 e. The molecule has 0 spiro atoms. The zero-order valence-corrected chi connectivity index (χ0v) is 46.1. The van der Waals surface area contributed by atoms with Crippen LogP contribution < -0.4 is 0 Å². The van der Waals surface area contributed by atoms with Crippen molar-refractivity contribution in [2.24, 2.45) is 17.8 Å². The fourth-order valence-electron chi connectivity index (χ4n) is 11.2. The molecule has 0 aliphatic carbocycles. The van der Waals surface area contributed by atoms with Crippen molar-refractivity contribution >= 4 is 39.5 Å². The van der Waals surface area contributed by atoms with E-state index >= 15 is 0 Å². The van der Waals surface area contributed by atoms with E-state index in [2.05, 4.69) is 50.9 Å². The van der Waals surface area contributed by atoms with Crippen molar-refractivity contribution in [3.8, 4) is 0 Å². The number of cyclic esters (lactones) is 1. The van der Waals surface area contributed by atoms with Crippen molar-refractivity contribution in [1.29, 1.82) is 0 Å². The quantitative estimate of drug-likeness (QED) is 0.0788. The van der Waals surface area contributed by atoms with E-state index in [0.29, 0.717) is 45.2 Å². The summed E-state index contributed by atoms with van der Waals surface area (Å²) in [6, 6.07) is 7.34. The molecule has 3 saturated heterocycles. The lowest BCUT2D eigenvalue weighted by Gasteiger charge is -2.46. The molecule has 3 aliphatic rings. The van der Waals surface area contributed by atoms with Crippen LogP contribution in [-0.4, -0.2) is 168 Å². The van der Waals surface area contributed by atoms with E-state index in [9.17, 15) is 25.2 Å². The fraction of sp³-hybridized carbons (Fsp3) is 0.788. The molecule has 6 rings (SSSR count). The van der Waals surface area contributed by atoms with E-state index in [1.165, 1.54) is 6.92 Å². The first kappa shape index (κ1) is 56.9. The molecule has 0 saturated carbocycles. The molecule has 5 heterocycles. The van der Waals surface area contributed by atoms with E-state index < -0.39 is 75.7 Å². The third kappa shape index (κ3) is 13.9. The van der Waals surface area contributed by atoms with E-state index in [1.54, 1.807) is 18.7 Å². The number of halogens is 1. The van der Waals surface area contributed by atoms with Crippen LogP contribution in [0.4, 0.5) is 0 Å². The maximum absolute atomic E-state index is 14.5. The number of carbonyl (C=O) groups is 1. The number of ether oxygens (including phenoxy) is 6. The predicted molar refractivity (Wildman–Crippen MR) is 273 cm³/mol. The van der Waals surface area contributed by atoms with Crippen LogP contribution in [0, 0.1) is 24.7 Å². The number of aromatic nitrogens is 3. The molecule has 3 aliphatic heterocycles. The maximum atomic E-state index is 14.5. The lowest BCUT2D eigenvalue weighted by atomic mass is 9.84. The van der Waals surface area contributed by atoms with Gasteiger partial charge in [0.2, 0.25) is 0 Å². The number of benzene rings is 1. The summed E-state index contributed by atoms with van der Waals surface area (Å²) in [5.41, 5.74) is 0.402. The van der Waals surface area contributed by atoms with Gasteiger partial charge in [0.25, 0.3) is 0 Å². The Labute approximate surface area is 429 Å². The van der Waals surface area contributed by atoms with Crippen molar-refractivity contribution in [2.45, 2.75) is 203 Å². The van der Waals surface area contributed by atoms with Crippen LogP contribution in [0.15, 0.2) is 34.9 Å². The average molecular weight is 1100 g/mol. The normalized spacial score (nSPS) is 38.3. The average Bonchev–Trinajstić information content (AvgIpc) is 3.93. The molecule has 17 atom stereocenters. The SMILES string of the molecule is CC[C@H]1OC(=O)[C@H](C)[C@@H](O[C@H]2C[C@@](C)(OC)C[C@H](C)O2)[C@H](C)[C@@H](O[C@H]2C[C@@H](N(C)CCc3cn([C@H](CO)Cc4ccc5oc(C)cc5c4)nn3)C[C@@H](C)O2)[C@@](O)(I)C[C@@H](C)CN(C)[C@H](C)[C@@H](O)[C@]1(C)O. The Kier molecular flexibility index (Phi) is 19.4. The monoisotopic (exact) mass is 1100 g/mol. The number of hydrogen-bond donors (Lipinski definition) is 4. The van der Waals surface area contributed by atoms with E-state index in [4.69, 9.17) is 32.8 Å². The second kappa shape index (κ2) is 23.9. The second-order valence-electron chi connectivity index (χ2n) is 21.7. The summed E-state index contributed by atoms with van der Waals surface area (Å²) in [7, 11) is 5.64. The molecule has 70 heavy (non-hydrogen) atoms. The number of alkyl halides is 1. The van der Waals surface area contributed by atoms with Crippen LogP contribution >= 0.6 is 22.6 Å². The number of methoxy groups -OCH3 is 1. The molecule has 0 unspecified atom stereocenters. The minimum atomic E-state index is -1.78. The summed E-state index contributed by atoms with van der Waals surface area (Å²) in [4.78, 5) is 18.7. The molecule has 396 valence electrons. The van der Waals surface area contributed by atoms with Gasteiger partial charge >= 0.3 is 5.97 Å². The highest BCUT2D eigenvalue weighted by atomic mass is 127. The third-order valence-electron chi connectivity index (χ3n) is 15.5. The molecule has 3 aromatic rings. The molecule has 0 bridgehead atoms. The van der Waals surface area contributed by atoms with Gasteiger partial charge in [-0.05, 0) is 141 Å². The molecule has 1 aromatic carbocycles. The number of fused-ring (bicyclic) bond motifs is 1. The Morgan fingerprint density at radius 2 is 1.71 bits per heavy atom. The van der Waals surface area contributed by atoms with Gasteiger partial charge in [-0.2, -0.15) is 0 Å². The van der Waals surface area contributed by atoms with Gasteiger partial charge in [-0.25, -0.2) is 4.68 Å². The fourth-order valence-corrected chi connectivity index (χ4v) is 12.7. The van der Waals surface area contributed by atoms with Gasteiger partial charge in [0, 0.05) is 75.5 Å². The van der Waals surface area contributed by atoms with Crippen LogP contribution in [0.3, 0.4) is 0 Å². The lowest BCUT2D eigenvalue weighted by Crippen LogP contribution is -2.59. The molecular weight excluding hydrogens is 1010 g/mol. The number of hydrogen-bond acceptors (Lipinski definition) is 16. The first-order valence-corrected chi connectivity index (χ1v) is 26.5. The summed E-state index contributed by atoms with van der Waals surface area (Å²) < 4.78 is 45.1. The van der Waals surface area contributed by atoms with Gasteiger partial charge in [0.15, 0.2) is 12.6 Å². The van der Waals surface area contributed by atoms with E-state index in [1.807, 2.05) is 91.7 Å². The van der Waals surface area contributed by atoms with E-state index in [0.717, 1.165) is 34.4 Å². The largest absolute Gasteiger partial charge is 0.461 e. The van der Waals surface area contributed by atoms with E-state index in [-0.39, 0.29) is 49.7 Å².